The smallest absolute Gasteiger partial charge is 0.254 e. The van der Waals surface area contributed by atoms with Crippen molar-refractivity contribution in [1.29, 1.82) is 0 Å². The summed E-state index contributed by atoms with van der Waals surface area (Å²) >= 11 is 0. The van der Waals surface area contributed by atoms with Crippen LogP contribution in [-0.4, -0.2) is 34.3 Å². The number of hydrogen-bond acceptors (Lipinski definition) is 3. The molecule has 1 aliphatic heterocycles. The molecule has 1 aliphatic rings. The molecule has 1 fully saturated rings. The topological polar surface area (TPSA) is 76.3 Å². The Bertz CT molecular complexity index is 419. The van der Waals surface area contributed by atoms with Crippen molar-refractivity contribution in [3.8, 4) is 0 Å². The van der Waals surface area contributed by atoms with Crippen LogP contribution in [0, 0.1) is 0 Å². The molecule has 0 spiro atoms. The molecule has 17 heavy (non-hydrogen) atoms. The lowest BCUT2D eigenvalue weighted by Gasteiger charge is -2.33. The van der Waals surface area contributed by atoms with Crippen molar-refractivity contribution in [2.24, 2.45) is 5.73 Å². The zero-order valence-corrected chi connectivity index (χ0v) is 9.50. The van der Waals surface area contributed by atoms with E-state index in [0.29, 0.717) is 18.5 Å². The van der Waals surface area contributed by atoms with E-state index >= 15 is 0 Å². The van der Waals surface area contributed by atoms with Crippen molar-refractivity contribution in [1.82, 2.24) is 9.88 Å². The van der Waals surface area contributed by atoms with Crippen LogP contribution in [0.3, 0.4) is 0 Å². The quantitative estimate of drug-likeness (QED) is 0.811. The van der Waals surface area contributed by atoms with E-state index in [1.165, 1.54) is 0 Å². The van der Waals surface area contributed by atoms with Crippen LogP contribution in [-0.2, 0) is 4.79 Å². The second-order valence-electron chi connectivity index (χ2n) is 4.15. The number of rotatable bonds is 2. The third-order valence-corrected chi connectivity index (χ3v) is 3.02. The maximum Gasteiger partial charge on any atom is 0.254 e. The number of carbonyl (C=O) groups excluding carboxylic acids is 2. The van der Waals surface area contributed by atoms with Crippen LogP contribution in [0.5, 0.6) is 0 Å². The second-order valence-corrected chi connectivity index (χ2v) is 4.15. The number of amides is 2. The summed E-state index contributed by atoms with van der Waals surface area (Å²) in [5, 5.41) is 0. The lowest BCUT2D eigenvalue weighted by Crippen LogP contribution is -2.50. The molecule has 0 aliphatic carbocycles. The van der Waals surface area contributed by atoms with Gasteiger partial charge in [-0.15, -0.1) is 0 Å². The monoisotopic (exact) mass is 233 g/mol. The Hall–Kier alpha value is -1.91. The van der Waals surface area contributed by atoms with E-state index in [-0.39, 0.29) is 5.91 Å². The molecule has 1 saturated heterocycles. The molecule has 2 heterocycles. The van der Waals surface area contributed by atoms with E-state index in [1.807, 2.05) is 0 Å². The van der Waals surface area contributed by atoms with E-state index in [4.69, 9.17) is 5.73 Å². The van der Waals surface area contributed by atoms with Gasteiger partial charge in [0.2, 0.25) is 5.91 Å². The van der Waals surface area contributed by atoms with Gasteiger partial charge in [-0.25, -0.2) is 0 Å². The Balaban J connectivity index is 2.20. The summed E-state index contributed by atoms with van der Waals surface area (Å²) in [5.74, 6) is -0.567. The van der Waals surface area contributed by atoms with Crippen molar-refractivity contribution < 1.29 is 9.59 Å². The van der Waals surface area contributed by atoms with Crippen molar-refractivity contribution in [3.05, 3.63) is 30.1 Å². The van der Waals surface area contributed by atoms with Gasteiger partial charge in [-0.05, 0) is 31.4 Å². The number of nitrogens with zero attached hydrogens (tertiary/aromatic N) is 2. The Morgan fingerprint density at radius 1 is 1.29 bits per heavy atom. The van der Waals surface area contributed by atoms with Crippen molar-refractivity contribution in [2.75, 3.05) is 6.54 Å². The summed E-state index contributed by atoms with van der Waals surface area (Å²) in [6.07, 6.45) is 5.65. The Morgan fingerprint density at radius 3 is 2.65 bits per heavy atom. The molecular formula is C12H15N3O2. The highest BCUT2D eigenvalue weighted by Gasteiger charge is 2.30. The number of piperidine rings is 1. The molecule has 0 bridgehead atoms. The predicted molar refractivity (Wildman–Crippen MR) is 62.1 cm³/mol. The van der Waals surface area contributed by atoms with E-state index in [1.54, 1.807) is 29.4 Å². The maximum absolute atomic E-state index is 12.2. The molecule has 1 aromatic heterocycles. The highest BCUT2D eigenvalue weighted by molar-refractivity contribution is 5.97. The van der Waals surface area contributed by atoms with Crippen LogP contribution in [0.2, 0.25) is 0 Å². The molecule has 0 unspecified atom stereocenters. The van der Waals surface area contributed by atoms with Gasteiger partial charge in [0, 0.05) is 24.5 Å². The van der Waals surface area contributed by atoms with Crippen molar-refractivity contribution >= 4 is 11.8 Å². The molecule has 5 nitrogen and oxygen atoms in total. The fourth-order valence-corrected chi connectivity index (χ4v) is 2.13. The lowest BCUT2D eigenvalue weighted by atomic mass is 10.0. The first kappa shape index (κ1) is 11.6. The standard InChI is InChI=1S/C12H15N3O2/c13-11(16)10-3-1-2-8-15(10)12(17)9-4-6-14-7-5-9/h4-7,10H,1-3,8H2,(H2,13,16)/t10-/m0/s1. The van der Waals surface area contributed by atoms with E-state index in [0.717, 1.165) is 12.8 Å². The first-order valence-electron chi connectivity index (χ1n) is 5.70. The van der Waals surface area contributed by atoms with Gasteiger partial charge in [-0.1, -0.05) is 0 Å². The zero-order chi connectivity index (χ0) is 12.3. The normalized spacial score (nSPS) is 20.0. The molecule has 2 amide bonds. The molecule has 1 atom stereocenters. The number of carbonyl (C=O) groups is 2. The van der Waals surface area contributed by atoms with Crippen LogP contribution in [0.1, 0.15) is 29.6 Å². The fraction of sp³-hybridized carbons (Fsp3) is 0.417. The van der Waals surface area contributed by atoms with Gasteiger partial charge in [0.05, 0.1) is 0 Å². The highest BCUT2D eigenvalue weighted by Crippen LogP contribution is 2.19. The Kier molecular flexibility index (Phi) is 3.37. The minimum atomic E-state index is -0.468. The fourth-order valence-electron chi connectivity index (χ4n) is 2.13. The van der Waals surface area contributed by atoms with Gasteiger partial charge in [-0.2, -0.15) is 0 Å². The average Bonchev–Trinajstić information content (AvgIpc) is 2.39. The van der Waals surface area contributed by atoms with Gasteiger partial charge >= 0.3 is 0 Å². The lowest BCUT2D eigenvalue weighted by molar-refractivity contribution is -0.123. The van der Waals surface area contributed by atoms with Crippen LogP contribution in [0.25, 0.3) is 0 Å². The molecule has 2 rings (SSSR count). The average molecular weight is 233 g/mol. The van der Waals surface area contributed by atoms with Gasteiger partial charge in [0.15, 0.2) is 0 Å². The van der Waals surface area contributed by atoms with Crippen molar-refractivity contribution in [2.45, 2.75) is 25.3 Å². The third kappa shape index (κ3) is 2.43. The SMILES string of the molecule is NC(=O)[C@@H]1CCCCN1C(=O)c1ccncc1. The molecular weight excluding hydrogens is 218 g/mol. The summed E-state index contributed by atoms with van der Waals surface area (Å²) in [6.45, 7) is 0.592. The highest BCUT2D eigenvalue weighted by atomic mass is 16.2. The number of likely N-dealkylation sites (tertiary alicyclic amines) is 1. The molecule has 90 valence electrons. The largest absolute Gasteiger partial charge is 0.368 e. The first-order valence-corrected chi connectivity index (χ1v) is 5.70. The number of primary amides is 1. The minimum Gasteiger partial charge on any atom is -0.368 e. The minimum absolute atomic E-state index is 0.143. The van der Waals surface area contributed by atoms with Gasteiger partial charge in [-0.3, -0.25) is 14.6 Å². The number of pyridine rings is 1. The third-order valence-electron chi connectivity index (χ3n) is 3.02. The molecule has 0 aromatic carbocycles. The first-order chi connectivity index (χ1) is 8.20. The van der Waals surface area contributed by atoms with Crippen LogP contribution in [0.4, 0.5) is 0 Å². The maximum atomic E-state index is 12.2. The van der Waals surface area contributed by atoms with E-state index < -0.39 is 11.9 Å². The summed E-state index contributed by atoms with van der Waals surface area (Å²) in [7, 11) is 0. The molecule has 1 aromatic rings. The van der Waals surface area contributed by atoms with Gasteiger partial charge in [0.25, 0.3) is 5.91 Å². The van der Waals surface area contributed by atoms with Gasteiger partial charge in [0.1, 0.15) is 6.04 Å². The van der Waals surface area contributed by atoms with E-state index in [2.05, 4.69) is 4.98 Å². The summed E-state index contributed by atoms with van der Waals surface area (Å²) in [5.41, 5.74) is 5.88. The number of aromatic nitrogens is 1. The predicted octanol–water partition coefficient (Wildman–Crippen LogP) is 0.562. The van der Waals surface area contributed by atoms with E-state index in [9.17, 15) is 9.59 Å². The molecule has 0 radical (unpaired) electrons. The summed E-state index contributed by atoms with van der Waals surface area (Å²) < 4.78 is 0. The van der Waals surface area contributed by atoms with Crippen LogP contribution >= 0.6 is 0 Å². The van der Waals surface area contributed by atoms with Gasteiger partial charge < -0.3 is 10.6 Å². The summed E-state index contributed by atoms with van der Waals surface area (Å²) in [4.78, 5) is 29.0. The molecule has 5 heteroatoms. The summed E-state index contributed by atoms with van der Waals surface area (Å²) in [6, 6.07) is 2.83. The van der Waals surface area contributed by atoms with Crippen LogP contribution in [0.15, 0.2) is 24.5 Å². The number of nitrogens with two attached hydrogens (primary N) is 1. The molecule has 0 saturated carbocycles. The van der Waals surface area contributed by atoms with Crippen LogP contribution < -0.4 is 5.73 Å². The van der Waals surface area contributed by atoms with Crippen molar-refractivity contribution in [3.63, 3.8) is 0 Å². The Labute approximate surface area is 99.6 Å². The second kappa shape index (κ2) is 4.95. The zero-order valence-electron chi connectivity index (χ0n) is 9.50. The molecule has 2 N–H and O–H groups in total. The Morgan fingerprint density at radius 2 is 2.00 bits per heavy atom. The number of hydrogen-bond donors (Lipinski definition) is 1.